The number of benzene rings is 1. The molecule has 0 bridgehead atoms. The second-order valence-electron chi connectivity index (χ2n) is 5.98. The van der Waals surface area contributed by atoms with E-state index in [0.717, 1.165) is 12.8 Å². The van der Waals surface area contributed by atoms with Crippen LogP contribution >= 0.6 is 0 Å². The lowest BCUT2D eigenvalue weighted by Crippen LogP contribution is -2.38. The number of amides is 1. The van der Waals surface area contributed by atoms with Crippen LogP contribution < -0.4 is 9.46 Å². The lowest BCUT2D eigenvalue weighted by Gasteiger charge is -2.30. The normalized spacial score (nSPS) is 16.0. The first-order chi connectivity index (χ1) is 11.4. The molecule has 0 unspecified atom stereocenters. The van der Waals surface area contributed by atoms with Crippen LogP contribution in [-0.2, 0) is 10.0 Å². The van der Waals surface area contributed by atoms with Gasteiger partial charge in [-0.25, -0.2) is 13.1 Å². The number of nitrogens with one attached hydrogen (secondary N) is 1. The highest BCUT2D eigenvalue weighted by Gasteiger charge is 2.25. The number of carbonyl (C=O) groups is 1. The highest BCUT2D eigenvalue weighted by molar-refractivity contribution is 7.89. The summed E-state index contributed by atoms with van der Waals surface area (Å²) < 4.78 is 32.2. The Morgan fingerprint density at radius 2 is 2.08 bits per heavy atom. The maximum atomic E-state index is 12.8. The van der Waals surface area contributed by atoms with Crippen LogP contribution in [0.3, 0.4) is 0 Å². The van der Waals surface area contributed by atoms with Gasteiger partial charge in [0.2, 0.25) is 10.0 Å². The van der Waals surface area contributed by atoms with E-state index in [1.165, 1.54) is 31.4 Å². The van der Waals surface area contributed by atoms with Gasteiger partial charge < -0.3 is 9.64 Å². The third-order valence-corrected chi connectivity index (χ3v) is 5.62. The largest absolute Gasteiger partial charge is 0.496 e. The Hall–Kier alpha value is -1.86. The molecule has 0 atom stereocenters. The van der Waals surface area contributed by atoms with Crippen molar-refractivity contribution in [3.63, 3.8) is 0 Å². The van der Waals surface area contributed by atoms with Crippen LogP contribution in [0.1, 0.15) is 30.1 Å². The predicted molar refractivity (Wildman–Crippen MR) is 92.7 cm³/mol. The van der Waals surface area contributed by atoms with Crippen LogP contribution in [0.4, 0.5) is 0 Å². The fraction of sp³-hybridized carbons (Fsp3) is 0.471. The van der Waals surface area contributed by atoms with Gasteiger partial charge in [-0.15, -0.1) is 6.58 Å². The van der Waals surface area contributed by atoms with E-state index in [0.29, 0.717) is 24.8 Å². The second kappa shape index (κ2) is 7.81. The predicted octanol–water partition coefficient (Wildman–Crippen LogP) is 2.03. The van der Waals surface area contributed by atoms with E-state index < -0.39 is 10.0 Å². The van der Waals surface area contributed by atoms with Crippen LogP contribution in [0.5, 0.6) is 5.75 Å². The molecule has 132 valence electrons. The summed E-state index contributed by atoms with van der Waals surface area (Å²) in [6.07, 6.45) is 3.36. The Labute approximate surface area is 143 Å². The molecule has 0 aliphatic carbocycles. The molecule has 1 aromatic rings. The van der Waals surface area contributed by atoms with Gasteiger partial charge in [0.1, 0.15) is 5.75 Å². The quantitative estimate of drug-likeness (QED) is 0.795. The molecule has 1 aromatic carbocycles. The van der Waals surface area contributed by atoms with E-state index in [9.17, 15) is 13.2 Å². The summed E-state index contributed by atoms with van der Waals surface area (Å²) in [7, 11) is -2.22. The Balaban J connectivity index is 2.32. The number of piperidine rings is 1. The maximum Gasteiger partial charge on any atom is 0.257 e. The number of methoxy groups -OCH3 is 1. The molecule has 2 rings (SSSR count). The number of hydrogen-bond donors (Lipinski definition) is 1. The van der Waals surface area contributed by atoms with E-state index >= 15 is 0 Å². The average molecular weight is 352 g/mol. The number of hydrogen-bond acceptors (Lipinski definition) is 4. The van der Waals surface area contributed by atoms with Gasteiger partial charge in [0, 0.05) is 19.6 Å². The van der Waals surface area contributed by atoms with Gasteiger partial charge in [0.05, 0.1) is 17.6 Å². The average Bonchev–Trinajstić information content (AvgIpc) is 2.59. The summed E-state index contributed by atoms with van der Waals surface area (Å²) in [6, 6.07) is 4.33. The third-order valence-electron chi connectivity index (χ3n) is 4.20. The minimum atomic E-state index is -3.69. The Morgan fingerprint density at radius 1 is 1.42 bits per heavy atom. The van der Waals surface area contributed by atoms with Crippen LogP contribution in [-0.4, -0.2) is 46.0 Å². The smallest absolute Gasteiger partial charge is 0.257 e. The molecule has 0 spiro atoms. The van der Waals surface area contributed by atoms with Gasteiger partial charge >= 0.3 is 0 Å². The van der Waals surface area contributed by atoms with Crippen molar-refractivity contribution in [1.29, 1.82) is 0 Å². The fourth-order valence-corrected chi connectivity index (χ4v) is 3.68. The van der Waals surface area contributed by atoms with E-state index in [1.54, 1.807) is 4.90 Å². The highest BCUT2D eigenvalue weighted by atomic mass is 32.2. The molecule has 1 aliphatic heterocycles. The lowest BCUT2D eigenvalue weighted by atomic mass is 9.98. The van der Waals surface area contributed by atoms with Crippen molar-refractivity contribution in [2.24, 2.45) is 5.92 Å². The van der Waals surface area contributed by atoms with Gasteiger partial charge in [-0.2, -0.15) is 0 Å². The Morgan fingerprint density at radius 3 is 2.67 bits per heavy atom. The molecule has 1 amide bonds. The standard InChI is InChI=1S/C17H24N2O4S/c1-4-9-18-24(21,22)14-5-6-16(23-3)15(12-14)17(20)19-10-7-13(2)8-11-19/h4-6,12-13,18H,1,7-11H2,2-3H3. The molecule has 0 radical (unpaired) electrons. The molecule has 0 aromatic heterocycles. The number of likely N-dealkylation sites (tertiary alicyclic amines) is 1. The fourth-order valence-electron chi connectivity index (χ4n) is 2.66. The van der Waals surface area contributed by atoms with Crippen molar-refractivity contribution in [3.8, 4) is 5.75 Å². The molecular formula is C17H24N2O4S. The minimum Gasteiger partial charge on any atom is -0.496 e. The zero-order valence-corrected chi connectivity index (χ0v) is 14.9. The molecule has 1 heterocycles. The summed E-state index contributed by atoms with van der Waals surface area (Å²) in [5, 5.41) is 0. The van der Waals surface area contributed by atoms with Crippen molar-refractivity contribution in [3.05, 3.63) is 36.4 Å². The molecule has 1 N–H and O–H groups in total. The first-order valence-electron chi connectivity index (χ1n) is 7.97. The van der Waals surface area contributed by atoms with Crippen molar-refractivity contribution in [1.82, 2.24) is 9.62 Å². The number of sulfonamides is 1. The number of carbonyl (C=O) groups excluding carboxylic acids is 1. The maximum absolute atomic E-state index is 12.8. The zero-order chi connectivity index (χ0) is 17.7. The van der Waals surface area contributed by atoms with Gasteiger partial charge in [-0.1, -0.05) is 13.0 Å². The van der Waals surface area contributed by atoms with E-state index in [2.05, 4.69) is 18.2 Å². The van der Waals surface area contributed by atoms with Crippen molar-refractivity contribution in [2.75, 3.05) is 26.7 Å². The Bertz CT molecular complexity index is 707. The van der Waals surface area contributed by atoms with Gasteiger partial charge in [0.15, 0.2) is 0 Å². The third kappa shape index (κ3) is 4.15. The SMILES string of the molecule is C=CCNS(=O)(=O)c1ccc(OC)c(C(=O)N2CCC(C)CC2)c1. The lowest BCUT2D eigenvalue weighted by molar-refractivity contribution is 0.0693. The number of nitrogens with zero attached hydrogens (tertiary/aromatic N) is 1. The summed E-state index contributed by atoms with van der Waals surface area (Å²) in [5.74, 6) is 0.784. The highest BCUT2D eigenvalue weighted by Crippen LogP contribution is 2.26. The van der Waals surface area contributed by atoms with Crippen molar-refractivity contribution in [2.45, 2.75) is 24.7 Å². The van der Waals surface area contributed by atoms with Gasteiger partial charge in [0.25, 0.3) is 5.91 Å². The molecule has 24 heavy (non-hydrogen) atoms. The monoisotopic (exact) mass is 352 g/mol. The second-order valence-corrected chi connectivity index (χ2v) is 7.74. The van der Waals surface area contributed by atoms with Crippen LogP contribution in [0.15, 0.2) is 35.7 Å². The molecule has 1 fully saturated rings. The van der Waals surface area contributed by atoms with E-state index in [4.69, 9.17) is 4.74 Å². The first kappa shape index (κ1) is 18.5. The molecular weight excluding hydrogens is 328 g/mol. The zero-order valence-electron chi connectivity index (χ0n) is 14.1. The molecule has 0 saturated carbocycles. The molecule has 6 nitrogen and oxygen atoms in total. The van der Waals surface area contributed by atoms with Crippen LogP contribution in [0.2, 0.25) is 0 Å². The number of ether oxygens (including phenoxy) is 1. The Kier molecular flexibility index (Phi) is 6.01. The van der Waals surface area contributed by atoms with Crippen molar-refractivity contribution >= 4 is 15.9 Å². The van der Waals surface area contributed by atoms with E-state index in [-0.39, 0.29) is 22.9 Å². The molecule has 1 saturated heterocycles. The van der Waals surface area contributed by atoms with Crippen molar-refractivity contribution < 1.29 is 17.9 Å². The van der Waals surface area contributed by atoms with Crippen LogP contribution in [0, 0.1) is 5.92 Å². The molecule has 1 aliphatic rings. The summed E-state index contributed by atoms with van der Waals surface area (Å²) in [5.41, 5.74) is 0.272. The minimum absolute atomic E-state index is 0.0406. The molecule has 7 heteroatoms. The first-order valence-corrected chi connectivity index (χ1v) is 9.45. The summed E-state index contributed by atoms with van der Waals surface area (Å²) in [6.45, 7) is 7.14. The van der Waals surface area contributed by atoms with Gasteiger partial charge in [-0.05, 0) is 37.0 Å². The van der Waals surface area contributed by atoms with Gasteiger partial charge in [-0.3, -0.25) is 4.79 Å². The summed E-state index contributed by atoms with van der Waals surface area (Å²) in [4.78, 5) is 14.6. The van der Waals surface area contributed by atoms with E-state index in [1.807, 2.05) is 0 Å². The summed E-state index contributed by atoms with van der Waals surface area (Å²) >= 11 is 0. The topological polar surface area (TPSA) is 75.7 Å². The number of rotatable bonds is 6. The van der Waals surface area contributed by atoms with Crippen LogP contribution in [0.25, 0.3) is 0 Å².